The van der Waals surface area contributed by atoms with Crippen molar-refractivity contribution in [3.05, 3.63) is 48.6 Å². The third kappa shape index (κ3) is 3.24. The van der Waals surface area contributed by atoms with Crippen molar-refractivity contribution in [3.63, 3.8) is 0 Å². The van der Waals surface area contributed by atoms with Gasteiger partial charge in [-0.15, -0.1) is 11.3 Å². The molecule has 0 radical (unpaired) electrons. The highest BCUT2D eigenvalue weighted by Gasteiger charge is 2.14. The standard InChI is InChI=1S/C12H11BrN2O3S/c1-7-10(13)5-9(19-7)6-14-11-3-2-8(16)4-12(11)15(17)18/h2-5,14,16H,6H2,1H3. The molecule has 0 spiro atoms. The van der Waals surface area contributed by atoms with Crippen LogP contribution in [0.3, 0.4) is 0 Å². The molecular weight excluding hydrogens is 332 g/mol. The van der Waals surface area contributed by atoms with Gasteiger partial charge in [-0.2, -0.15) is 0 Å². The molecule has 0 fully saturated rings. The van der Waals surface area contributed by atoms with Crippen molar-refractivity contribution in [3.8, 4) is 5.75 Å². The van der Waals surface area contributed by atoms with Crippen LogP contribution >= 0.6 is 27.3 Å². The highest BCUT2D eigenvalue weighted by Crippen LogP contribution is 2.30. The minimum Gasteiger partial charge on any atom is -0.508 e. The van der Waals surface area contributed by atoms with E-state index in [9.17, 15) is 15.2 Å². The van der Waals surface area contributed by atoms with Crippen molar-refractivity contribution in [2.24, 2.45) is 0 Å². The number of rotatable bonds is 4. The van der Waals surface area contributed by atoms with Crippen molar-refractivity contribution < 1.29 is 10.0 Å². The Bertz CT molecular complexity index is 608. The molecule has 0 saturated carbocycles. The molecule has 0 aliphatic rings. The Kier molecular flexibility index (Phi) is 4.06. The summed E-state index contributed by atoms with van der Waals surface area (Å²) >= 11 is 5.05. The fourth-order valence-electron chi connectivity index (χ4n) is 1.61. The fraction of sp³-hybridized carbons (Fsp3) is 0.167. The molecule has 1 heterocycles. The molecule has 2 N–H and O–H groups in total. The Hall–Kier alpha value is -1.60. The van der Waals surface area contributed by atoms with Gasteiger partial charge in [0.1, 0.15) is 11.4 Å². The third-order valence-electron chi connectivity index (χ3n) is 2.54. The van der Waals surface area contributed by atoms with Gasteiger partial charge in [-0.25, -0.2) is 0 Å². The molecule has 0 unspecified atom stereocenters. The number of nitro benzene ring substituents is 1. The summed E-state index contributed by atoms with van der Waals surface area (Å²) in [6, 6.07) is 6.05. The zero-order valence-electron chi connectivity index (χ0n) is 10.0. The number of aromatic hydroxyl groups is 1. The van der Waals surface area contributed by atoms with Gasteiger partial charge in [0.05, 0.1) is 11.0 Å². The molecule has 2 rings (SSSR count). The zero-order valence-corrected chi connectivity index (χ0v) is 12.4. The largest absolute Gasteiger partial charge is 0.508 e. The number of nitro groups is 1. The number of hydrogen-bond donors (Lipinski definition) is 2. The summed E-state index contributed by atoms with van der Waals surface area (Å²) in [5.74, 6) is -0.119. The molecular formula is C12H11BrN2O3S. The van der Waals surface area contributed by atoms with E-state index in [4.69, 9.17) is 0 Å². The predicted octanol–water partition coefficient (Wildman–Crippen LogP) is 4.04. The Balaban J connectivity index is 2.17. The highest BCUT2D eigenvalue weighted by molar-refractivity contribution is 9.10. The first kappa shape index (κ1) is 13.8. The van der Waals surface area contributed by atoms with E-state index in [2.05, 4.69) is 21.2 Å². The number of thiophene rings is 1. The normalized spacial score (nSPS) is 10.4. The SMILES string of the molecule is Cc1sc(CNc2ccc(O)cc2[N+](=O)[O-])cc1Br. The summed E-state index contributed by atoms with van der Waals surface area (Å²) in [6.45, 7) is 2.50. The van der Waals surface area contributed by atoms with Crippen LogP contribution in [0.2, 0.25) is 0 Å². The molecule has 0 saturated heterocycles. The van der Waals surface area contributed by atoms with Gasteiger partial charge in [-0.3, -0.25) is 10.1 Å². The first-order chi connectivity index (χ1) is 8.97. The van der Waals surface area contributed by atoms with E-state index in [0.29, 0.717) is 12.2 Å². The van der Waals surface area contributed by atoms with Crippen molar-refractivity contribution >= 4 is 38.6 Å². The second kappa shape index (κ2) is 5.58. The number of phenolic OH excluding ortho intramolecular Hbond substituents is 1. The van der Waals surface area contributed by atoms with Crippen LogP contribution in [0, 0.1) is 17.0 Å². The molecule has 19 heavy (non-hydrogen) atoms. The number of benzene rings is 1. The lowest BCUT2D eigenvalue weighted by Crippen LogP contribution is -2.01. The summed E-state index contributed by atoms with van der Waals surface area (Å²) in [6.07, 6.45) is 0. The van der Waals surface area contributed by atoms with E-state index in [-0.39, 0.29) is 11.4 Å². The fourth-order valence-corrected chi connectivity index (χ4v) is 3.15. The number of halogens is 1. The molecule has 100 valence electrons. The number of nitrogens with one attached hydrogen (secondary N) is 1. The van der Waals surface area contributed by atoms with Crippen molar-refractivity contribution in [1.82, 2.24) is 0 Å². The minimum atomic E-state index is -0.516. The van der Waals surface area contributed by atoms with E-state index in [1.165, 1.54) is 12.1 Å². The van der Waals surface area contributed by atoms with E-state index in [1.807, 2.05) is 13.0 Å². The van der Waals surface area contributed by atoms with Gasteiger partial charge in [0.25, 0.3) is 5.69 Å². The second-order valence-corrected chi connectivity index (χ2v) is 6.12. The first-order valence-corrected chi connectivity index (χ1v) is 7.04. The van der Waals surface area contributed by atoms with Crippen LogP contribution in [0.25, 0.3) is 0 Å². The summed E-state index contributed by atoms with van der Waals surface area (Å²) in [5.41, 5.74) is 0.261. The van der Waals surface area contributed by atoms with Crippen LogP contribution in [0.15, 0.2) is 28.7 Å². The van der Waals surface area contributed by atoms with Crippen molar-refractivity contribution in [2.75, 3.05) is 5.32 Å². The highest BCUT2D eigenvalue weighted by atomic mass is 79.9. The van der Waals surface area contributed by atoms with E-state index in [1.54, 1.807) is 11.3 Å². The van der Waals surface area contributed by atoms with E-state index >= 15 is 0 Å². The maximum atomic E-state index is 10.9. The quantitative estimate of drug-likeness (QED) is 0.499. The van der Waals surface area contributed by atoms with Crippen LogP contribution < -0.4 is 5.32 Å². The maximum Gasteiger partial charge on any atom is 0.296 e. The maximum absolute atomic E-state index is 10.9. The summed E-state index contributed by atoms with van der Waals surface area (Å²) in [7, 11) is 0. The Morgan fingerprint density at radius 1 is 1.47 bits per heavy atom. The van der Waals surface area contributed by atoms with Gasteiger partial charge in [-0.1, -0.05) is 0 Å². The van der Waals surface area contributed by atoms with Gasteiger partial charge >= 0.3 is 0 Å². The second-order valence-electron chi connectivity index (χ2n) is 3.93. The minimum absolute atomic E-state index is 0.119. The van der Waals surface area contributed by atoms with E-state index in [0.717, 1.165) is 20.3 Å². The third-order valence-corrected chi connectivity index (χ3v) is 4.68. The zero-order chi connectivity index (χ0) is 14.0. The number of phenols is 1. The molecule has 5 nitrogen and oxygen atoms in total. The smallest absolute Gasteiger partial charge is 0.296 e. The van der Waals surface area contributed by atoms with Crippen LogP contribution in [-0.2, 0) is 6.54 Å². The molecule has 1 aromatic carbocycles. The molecule has 0 bridgehead atoms. The molecule has 0 amide bonds. The topological polar surface area (TPSA) is 75.4 Å². The first-order valence-electron chi connectivity index (χ1n) is 5.43. The summed E-state index contributed by atoms with van der Waals surface area (Å²) in [5, 5.41) is 23.2. The molecule has 0 aliphatic carbocycles. The van der Waals surface area contributed by atoms with Gasteiger partial charge in [0, 0.05) is 20.8 Å². The van der Waals surface area contributed by atoms with Crippen LogP contribution in [0.5, 0.6) is 5.75 Å². The van der Waals surface area contributed by atoms with E-state index < -0.39 is 4.92 Å². The average molecular weight is 343 g/mol. The van der Waals surface area contributed by atoms with Crippen LogP contribution in [0.4, 0.5) is 11.4 Å². The molecule has 1 aromatic heterocycles. The lowest BCUT2D eigenvalue weighted by Gasteiger charge is -2.06. The van der Waals surface area contributed by atoms with Crippen molar-refractivity contribution in [1.29, 1.82) is 0 Å². The average Bonchev–Trinajstić information content (AvgIpc) is 2.67. The number of anilines is 1. The summed E-state index contributed by atoms with van der Waals surface area (Å²) < 4.78 is 1.04. The Labute approximate surface area is 122 Å². The summed E-state index contributed by atoms with van der Waals surface area (Å²) in [4.78, 5) is 12.6. The number of nitrogens with zero attached hydrogens (tertiary/aromatic N) is 1. The van der Waals surface area contributed by atoms with Gasteiger partial charge in [-0.05, 0) is 41.1 Å². The molecule has 7 heteroatoms. The van der Waals surface area contributed by atoms with Crippen LogP contribution in [0.1, 0.15) is 9.75 Å². The number of hydrogen-bond acceptors (Lipinski definition) is 5. The predicted molar refractivity (Wildman–Crippen MR) is 78.8 cm³/mol. The Morgan fingerprint density at radius 3 is 2.79 bits per heavy atom. The molecule has 0 aliphatic heterocycles. The van der Waals surface area contributed by atoms with Crippen LogP contribution in [-0.4, -0.2) is 10.0 Å². The monoisotopic (exact) mass is 342 g/mol. The molecule has 0 atom stereocenters. The van der Waals surface area contributed by atoms with Gasteiger partial charge in [0.15, 0.2) is 0 Å². The lowest BCUT2D eigenvalue weighted by atomic mass is 10.2. The number of aryl methyl sites for hydroxylation is 1. The van der Waals surface area contributed by atoms with Crippen molar-refractivity contribution in [2.45, 2.75) is 13.5 Å². The Morgan fingerprint density at radius 2 is 2.21 bits per heavy atom. The van der Waals surface area contributed by atoms with Gasteiger partial charge in [0.2, 0.25) is 0 Å². The van der Waals surface area contributed by atoms with Gasteiger partial charge < -0.3 is 10.4 Å². The molecule has 2 aromatic rings. The lowest BCUT2D eigenvalue weighted by molar-refractivity contribution is -0.384.